The predicted octanol–water partition coefficient (Wildman–Crippen LogP) is 0.384. The molecule has 4 nitrogen and oxygen atoms in total. The first kappa shape index (κ1) is 8.26. The van der Waals surface area contributed by atoms with Gasteiger partial charge < -0.3 is 10.9 Å². The van der Waals surface area contributed by atoms with Crippen LogP contribution in [0.2, 0.25) is 0 Å². The average molecular weight is 164 g/mol. The smallest absolute Gasteiger partial charge is 0.306 e. The SMILES string of the molecule is NC(=O)/C=[N+](\[O-])c1ccccc1. The lowest BCUT2D eigenvalue weighted by molar-refractivity contribution is -0.354. The van der Waals surface area contributed by atoms with E-state index in [4.69, 9.17) is 5.73 Å². The summed E-state index contributed by atoms with van der Waals surface area (Å²) in [6.07, 6.45) is 0.787. The number of benzene rings is 1. The van der Waals surface area contributed by atoms with Gasteiger partial charge in [0.1, 0.15) is 0 Å². The van der Waals surface area contributed by atoms with Crippen LogP contribution in [0, 0.1) is 5.21 Å². The van der Waals surface area contributed by atoms with Crippen LogP contribution in [-0.2, 0) is 4.79 Å². The second kappa shape index (κ2) is 3.52. The van der Waals surface area contributed by atoms with Gasteiger partial charge >= 0.3 is 5.91 Å². The van der Waals surface area contributed by atoms with Crippen molar-refractivity contribution in [1.82, 2.24) is 0 Å². The first-order valence-electron chi connectivity index (χ1n) is 3.36. The summed E-state index contributed by atoms with van der Waals surface area (Å²) in [5.74, 6) is -0.756. The van der Waals surface area contributed by atoms with E-state index in [0.29, 0.717) is 10.4 Å². The van der Waals surface area contributed by atoms with Crippen LogP contribution in [-0.4, -0.2) is 16.9 Å². The lowest BCUT2D eigenvalue weighted by atomic mass is 10.3. The summed E-state index contributed by atoms with van der Waals surface area (Å²) in [6, 6.07) is 8.37. The summed E-state index contributed by atoms with van der Waals surface area (Å²) in [5, 5.41) is 11.0. The van der Waals surface area contributed by atoms with Crippen molar-refractivity contribution in [2.75, 3.05) is 0 Å². The van der Waals surface area contributed by atoms with Gasteiger partial charge in [0.2, 0.25) is 11.9 Å². The molecule has 0 spiro atoms. The molecule has 0 bridgehead atoms. The van der Waals surface area contributed by atoms with E-state index in [1.54, 1.807) is 30.3 Å². The van der Waals surface area contributed by atoms with Crippen LogP contribution in [0.5, 0.6) is 0 Å². The van der Waals surface area contributed by atoms with Gasteiger partial charge in [-0.3, -0.25) is 4.79 Å². The molecular weight excluding hydrogens is 156 g/mol. The van der Waals surface area contributed by atoms with Crippen LogP contribution in [0.25, 0.3) is 0 Å². The van der Waals surface area contributed by atoms with Gasteiger partial charge in [0, 0.05) is 12.1 Å². The third kappa shape index (κ3) is 2.09. The predicted molar refractivity (Wildman–Crippen MR) is 45.0 cm³/mol. The number of nitrogens with zero attached hydrogens (tertiary/aromatic N) is 1. The number of carbonyl (C=O) groups is 1. The molecule has 1 aromatic rings. The van der Waals surface area contributed by atoms with E-state index in [2.05, 4.69) is 0 Å². The van der Waals surface area contributed by atoms with E-state index in [0.717, 1.165) is 6.21 Å². The van der Waals surface area contributed by atoms with E-state index in [1.807, 2.05) is 0 Å². The molecule has 0 saturated heterocycles. The van der Waals surface area contributed by atoms with Gasteiger partial charge in [0.15, 0.2) is 0 Å². The fourth-order valence-corrected chi connectivity index (χ4v) is 0.765. The summed E-state index contributed by atoms with van der Waals surface area (Å²) in [5.41, 5.74) is 5.18. The van der Waals surface area contributed by atoms with E-state index < -0.39 is 5.91 Å². The molecule has 0 unspecified atom stereocenters. The number of para-hydroxylation sites is 1. The molecule has 62 valence electrons. The Morgan fingerprint density at radius 1 is 1.42 bits per heavy atom. The minimum absolute atomic E-state index is 0.385. The molecule has 1 rings (SSSR count). The third-order valence-corrected chi connectivity index (χ3v) is 1.26. The fourth-order valence-electron chi connectivity index (χ4n) is 0.765. The van der Waals surface area contributed by atoms with Crippen LogP contribution in [0.4, 0.5) is 5.69 Å². The van der Waals surface area contributed by atoms with Crippen LogP contribution in [0.1, 0.15) is 0 Å². The monoisotopic (exact) mass is 164 g/mol. The third-order valence-electron chi connectivity index (χ3n) is 1.26. The fraction of sp³-hybridized carbons (Fsp3) is 0. The average Bonchev–Trinajstić information content (AvgIpc) is 2.05. The number of carbonyl (C=O) groups excluding carboxylic acids is 1. The lowest BCUT2D eigenvalue weighted by Crippen LogP contribution is -2.16. The van der Waals surface area contributed by atoms with Gasteiger partial charge in [-0.2, -0.15) is 4.74 Å². The maximum absolute atomic E-state index is 11.0. The van der Waals surface area contributed by atoms with Gasteiger partial charge in [-0.15, -0.1) is 0 Å². The zero-order valence-corrected chi connectivity index (χ0v) is 6.31. The first-order chi connectivity index (χ1) is 5.70. The number of hydrogen-bond donors (Lipinski definition) is 1. The molecule has 1 amide bonds. The van der Waals surface area contributed by atoms with Crippen molar-refractivity contribution in [3.05, 3.63) is 35.5 Å². The quantitative estimate of drug-likeness (QED) is 0.297. The number of rotatable bonds is 2. The molecular formula is C8H8N2O2. The van der Waals surface area contributed by atoms with E-state index in [-0.39, 0.29) is 0 Å². The molecule has 2 N–H and O–H groups in total. The topological polar surface area (TPSA) is 69.2 Å². The Morgan fingerprint density at radius 3 is 2.50 bits per heavy atom. The zero-order valence-electron chi connectivity index (χ0n) is 6.31. The highest BCUT2D eigenvalue weighted by molar-refractivity contribution is 6.23. The Labute approximate surface area is 69.5 Å². The molecule has 0 heterocycles. The normalized spacial score (nSPS) is 11.2. The molecule has 0 radical (unpaired) electrons. The Bertz CT molecular complexity index is 306. The molecule has 0 fully saturated rings. The van der Waals surface area contributed by atoms with Gasteiger partial charge in [-0.1, -0.05) is 18.2 Å². The summed E-state index contributed by atoms with van der Waals surface area (Å²) in [6.45, 7) is 0. The summed E-state index contributed by atoms with van der Waals surface area (Å²) < 4.78 is 0.433. The van der Waals surface area contributed by atoms with Crippen molar-refractivity contribution in [2.24, 2.45) is 5.73 Å². The Hall–Kier alpha value is -1.84. The maximum atomic E-state index is 11.0. The van der Waals surface area contributed by atoms with Crippen molar-refractivity contribution in [3.63, 3.8) is 0 Å². The highest BCUT2D eigenvalue weighted by atomic mass is 16.5. The second-order valence-electron chi connectivity index (χ2n) is 2.19. The van der Waals surface area contributed by atoms with Crippen LogP contribution < -0.4 is 5.73 Å². The van der Waals surface area contributed by atoms with Crippen molar-refractivity contribution < 1.29 is 9.53 Å². The number of hydrogen-bond acceptors (Lipinski definition) is 2. The summed E-state index contributed by atoms with van der Waals surface area (Å²) >= 11 is 0. The van der Waals surface area contributed by atoms with E-state index in [9.17, 15) is 10.0 Å². The highest BCUT2D eigenvalue weighted by Gasteiger charge is 2.00. The maximum Gasteiger partial charge on any atom is 0.306 e. The Morgan fingerprint density at radius 2 is 2.00 bits per heavy atom. The molecule has 0 aliphatic heterocycles. The zero-order chi connectivity index (χ0) is 8.97. The molecule has 4 heteroatoms. The molecule has 12 heavy (non-hydrogen) atoms. The Kier molecular flexibility index (Phi) is 2.42. The van der Waals surface area contributed by atoms with Crippen LogP contribution >= 0.6 is 0 Å². The standard InChI is InChI=1S/C8H8N2O2/c9-8(11)6-10(12)7-4-2-1-3-5-7/h1-6H,(H2,9,11)/b10-6-. The number of primary amides is 1. The van der Waals surface area contributed by atoms with Gasteiger partial charge in [-0.25, -0.2) is 0 Å². The summed E-state index contributed by atoms with van der Waals surface area (Å²) in [7, 11) is 0. The Balaban J connectivity index is 2.93. The molecule has 0 aromatic heterocycles. The van der Waals surface area contributed by atoms with Gasteiger partial charge in [-0.05, 0) is 0 Å². The van der Waals surface area contributed by atoms with Gasteiger partial charge in [0.25, 0.3) is 0 Å². The summed E-state index contributed by atoms with van der Waals surface area (Å²) in [4.78, 5) is 10.3. The van der Waals surface area contributed by atoms with Crippen LogP contribution in [0.3, 0.4) is 0 Å². The molecule has 0 atom stereocenters. The van der Waals surface area contributed by atoms with E-state index >= 15 is 0 Å². The molecule has 0 aliphatic carbocycles. The van der Waals surface area contributed by atoms with E-state index in [1.165, 1.54) is 0 Å². The lowest BCUT2D eigenvalue weighted by Gasteiger charge is -1.99. The minimum atomic E-state index is -0.756. The van der Waals surface area contributed by atoms with Crippen molar-refractivity contribution in [1.29, 1.82) is 0 Å². The highest BCUT2D eigenvalue weighted by Crippen LogP contribution is 2.07. The molecule has 0 saturated carbocycles. The van der Waals surface area contributed by atoms with Crippen molar-refractivity contribution in [2.45, 2.75) is 0 Å². The van der Waals surface area contributed by atoms with Crippen molar-refractivity contribution >= 4 is 17.8 Å². The van der Waals surface area contributed by atoms with Gasteiger partial charge in [0.05, 0.1) is 0 Å². The second-order valence-corrected chi connectivity index (χ2v) is 2.19. The van der Waals surface area contributed by atoms with Crippen LogP contribution in [0.15, 0.2) is 30.3 Å². The minimum Gasteiger partial charge on any atom is -0.618 e. The largest absolute Gasteiger partial charge is 0.618 e. The van der Waals surface area contributed by atoms with Crippen molar-refractivity contribution in [3.8, 4) is 0 Å². The molecule has 0 aliphatic rings. The number of nitrogens with two attached hydrogens (primary N) is 1. The molecule has 1 aromatic carbocycles. The first-order valence-corrected chi connectivity index (χ1v) is 3.36. The number of amides is 1.